The van der Waals surface area contributed by atoms with Crippen LogP contribution in [0.5, 0.6) is 0 Å². The summed E-state index contributed by atoms with van der Waals surface area (Å²) in [6, 6.07) is 41.3. The van der Waals surface area contributed by atoms with Crippen LogP contribution in [0, 0.1) is 13.8 Å². The monoisotopic (exact) mass is 563 g/mol. The largest absolute Gasteiger partial charge is 4.00 e. The van der Waals surface area contributed by atoms with Crippen LogP contribution < -0.4 is 35.2 Å². The average molecular weight is 564 g/mol. The van der Waals surface area contributed by atoms with Crippen molar-refractivity contribution in [1.29, 1.82) is 0 Å². The molecule has 5 aromatic rings. The number of hydrogen-bond donors (Lipinski definition) is 0. The fraction of sp³-hybridized carbons (Fsp3) is 0.0667. The molecule has 5 rings (SSSR count). The first-order valence-electron chi connectivity index (χ1n) is 10.8. The van der Waals surface area contributed by atoms with Crippen LogP contribution in [0.15, 0.2) is 121 Å². The van der Waals surface area contributed by atoms with Crippen molar-refractivity contribution < 1.29 is 51.3 Å². The summed E-state index contributed by atoms with van der Waals surface area (Å²) < 4.78 is 0. The Hall–Kier alpha value is -2.53. The summed E-state index contributed by atoms with van der Waals surface area (Å²) in [6.45, 7) is 3.83. The van der Waals surface area contributed by atoms with Gasteiger partial charge in [-0.1, -0.05) is 106 Å². The predicted octanol–water partition coefficient (Wildman–Crippen LogP) is 0.402. The third-order valence-corrected chi connectivity index (χ3v) is 6.11. The molecule has 1 N–H and O–H groups in total. The molecule has 2 radical (unpaired) electrons. The Morgan fingerprint density at radius 1 is 0.694 bits per heavy atom. The van der Waals surface area contributed by atoms with Crippen molar-refractivity contribution in [2.24, 2.45) is 0 Å². The van der Waals surface area contributed by atoms with Crippen molar-refractivity contribution in [3.8, 4) is 0 Å². The number of carbonyl (C=O) groups is 1. The number of nitrogens with one attached hydrogen (secondary N) is 1. The van der Waals surface area contributed by atoms with Gasteiger partial charge in [-0.15, -0.1) is 29.7 Å². The van der Waals surface area contributed by atoms with Gasteiger partial charge in [-0.25, -0.2) is 0 Å². The maximum atomic E-state index is 10.6. The van der Waals surface area contributed by atoms with Crippen LogP contribution in [-0.4, -0.2) is 15.4 Å². The molecule has 0 heterocycles. The zero-order valence-electron chi connectivity index (χ0n) is 20.2. The quantitative estimate of drug-likeness (QED) is 0.231. The number of halogens is 2. The first-order chi connectivity index (χ1) is 16.0. The van der Waals surface area contributed by atoms with Crippen LogP contribution in [0.2, 0.25) is 0 Å². The third-order valence-electron chi connectivity index (χ3n) is 4.87. The van der Waals surface area contributed by atoms with Gasteiger partial charge in [0, 0.05) is 0 Å². The molecule has 6 heteroatoms. The number of hydrogen-bond acceptors (Lipinski definition) is 1. The van der Waals surface area contributed by atoms with E-state index in [4.69, 9.17) is 5.73 Å². The Labute approximate surface area is 244 Å². The SMILES string of the molecule is Cc1cc(C)cc(C([NH-])=O)c1.[Cl-].[Cl-].[Ti+4].c1ccc([Si]c2ccccc2)cc1.c1ccc2[cH-]ccc2c1. The van der Waals surface area contributed by atoms with E-state index in [1.165, 1.54) is 21.1 Å². The first-order valence-corrected chi connectivity index (χ1v) is 11.8. The maximum Gasteiger partial charge on any atom is 4.00 e. The average Bonchev–Trinajstić information content (AvgIpc) is 3.30. The fourth-order valence-corrected chi connectivity index (χ4v) is 4.44. The molecule has 0 atom stereocenters. The Bertz CT molecular complexity index is 1210. The van der Waals surface area contributed by atoms with Crippen molar-refractivity contribution in [1.82, 2.24) is 0 Å². The van der Waals surface area contributed by atoms with Gasteiger partial charge in [-0.3, -0.25) is 0 Å². The van der Waals surface area contributed by atoms with Crippen molar-refractivity contribution in [2.75, 3.05) is 0 Å². The molecule has 36 heavy (non-hydrogen) atoms. The van der Waals surface area contributed by atoms with Crippen LogP contribution in [-0.2, 0) is 21.7 Å². The molecule has 0 unspecified atom stereocenters. The molecule has 0 bridgehead atoms. The molecule has 0 saturated heterocycles. The molecule has 5 aromatic carbocycles. The van der Waals surface area contributed by atoms with Crippen LogP contribution in [0.1, 0.15) is 21.5 Å². The van der Waals surface area contributed by atoms with Gasteiger partial charge in [0.25, 0.3) is 0 Å². The predicted molar refractivity (Wildman–Crippen MR) is 142 cm³/mol. The zero-order valence-corrected chi connectivity index (χ0v) is 24.3. The number of rotatable bonds is 3. The van der Waals surface area contributed by atoms with E-state index in [0.717, 1.165) is 20.6 Å². The van der Waals surface area contributed by atoms with Gasteiger partial charge in [-0.2, -0.15) is 17.5 Å². The van der Waals surface area contributed by atoms with Gasteiger partial charge in [0.05, 0.1) is 5.91 Å². The van der Waals surface area contributed by atoms with Gasteiger partial charge in [0.15, 0.2) is 0 Å². The van der Waals surface area contributed by atoms with E-state index in [9.17, 15) is 4.79 Å². The summed E-state index contributed by atoms with van der Waals surface area (Å²) in [6.07, 6.45) is 0. The zero-order chi connectivity index (χ0) is 23.5. The Kier molecular flexibility index (Phi) is 16.6. The molecular weight excluding hydrogens is 537 g/mol. The molecule has 2 nitrogen and oxygen atoms in total. The van der Waals surface area contributed by atoms with E-state index in [-0.39, 0.29) is 46.5 Å². The summed E-state index contributed by atoms with van der Waals surface area (Å²) in [5, 5.41) is 5.46. The molecule has 0 fully saturated rings. The molecule has 1 amide bonds. The molecule has 0 aliphatic carbocycles. The van der Waals surface area contributed by atoms with Gasteiger partial charge in [0.1, 0.15) is 9.52 Å². The van der Waals surface area contributed by atoms with Crippen molar-refractivity contribution in [3.63, 3.8) is 0 Å². The number of fused-ring (bicyclic) bond motifs is 1. The van der Waals surface area contributed by atoms with Gasteiger partial charge >= 0.3 is 21.7 Å². The van der Waals surface area contributed by atoms with Gasteiger partial charge in [-0.05, 0) is 19.4 Å². The van der Waals surface area contributed by atoms with E-state index < -0.39 is 5.91 Å². The van der Waals surface area contributed by atoms with Crippen molar-refractivity contribution >= 4 is 36.6 Å². The molecule has 0 aliphatic heterocycles. The van der Waals surface area contributed by atoms with E-state index >= 15 is 0 Å². The van der Waals surface area contributed by atoms with Crippen LogP contribution >= 0.6 is 0 Å². The topological polar surface area (TPSA) is 40.9 Å². The molecule has 0 spiro atoms. The normalized spacial score (nSPS) is 9.06. The first kappa shape index (κ1) is 33.5. The Balaban J connectivity index is 0.000000497. The Morgan fingerprint density at radius 3 is 1.64 bits per heavy atom. The number of aryl methyl sites for hydroxylation is 2. The molecule has 0 saturated carbocycles. The summed E-state index contributed by atoms with van der Waals surface area (Å²) in [5.41, 5.74) is 9.40. The molecule has 0 aromatic heterocycles. The van der Waals surface area contributed by atoms with Crippen molar-refractivity contribution in [2.45, 2.75) is 13.8 Å². The van der Waals surface area contributed by atoms with E-state index in [1.54, 1.807) is 12.1 Å². The van der Waals surface area contributed by atoms with Crippen LogP contribution in [0.3, 0.4) is 0 Å². The number of benzene rings is 4. The standard InChI is InChI=1S/C12H10Si.C9H11NO.C9H7.2ClH.Ti/c1-3-7-11(8-4-1)13-12-9-5-2-6-10-12;1-6-3-7(2)5-8(4-6)9(10)11;1-2-5-9-7-3-6-8(9)4-1;;;/h1-10H;3-5H,1-2H3,(H2,10,11);1-7H;2*1H;/q;;-1;;;+4/p-3. The minimum atomic E-state index is -0.614. The molecular formula is C30H27Cl2NOSiTi. The smallest absolute Gasteiger partial charge is 1.00 e. The van der Waals surface area contributed by atoms with E-state index in [2.05, 4.69) is 103 Å². The van der Waals surface area contributed by atoms with E-state index in [1.807, 2.05) is 19.9 Å². The third kappa shape index (κ3) is 11.5. The fourth-order valence-electron chi connectivity index (χ4n) is 3.39. The molecule has 0 aliphatic rings. The van der Waals surface area contributed by atoms with Gasteiger partial charge < -0.3 is 35.3 Å². The number of amides is 1. The second kappa shape index (κ2) is 17.8. The summed E-state index contributed by atoms with van der Waals surface area (Å²) in [7, 11) is 0.777. The maximum absolute atomic E-state index is 10.6. The van der Waals surface area contributed by atoms with Gasteiger partial charge in [0.2, 0.25) is 0 Å². The second-order valence-corrected chi connectivity index (χ2v) is 9.12. The second-order valence-electron chi connectivity index (χ2n) is 7.72. The summed E-state index contributed by atoms with van der Waals surface area (Å²) in [5.74, 6) is -0.614. The Morgan fingerprint density at radius 2 is 1.17 bits per heavy atom. The van der Waals surface area contributed by atoms with Crippen LogP contribution in [0.4, 0.5) is 0 Å². The number of carbonyl (C=O) groups excluding carboxylic acids is 1. The van der Waals surface area contributed by atoms with Crippen LogP contribution in [0.25, 0.3) is 16.5 Å². The summed E-state index contributed by atoms with van der Waals surface area (Å²) in [4.78, 5) is 10.6. The minimum Gasteiger partial charge on any atom is -1.00 e. The minimum absolute atomic E-state index is 0. The van der Waals surface area contributed by atoms with Crippen molar-refractivity contribution in [3.05, 3.63) is 144 Å². The summed E-state index contributed by atoms with van der Waals surface area (Å²) >= 11 is 0. The molecule has 180 valence electrons. The van der Waals surface area contributed by atoms with E-state index in [0.29, 0.717) is 5.56 Å².